The Labute approximate surface area is 221 Å². The van der Waals surface area contributed by atoms with Gasteiger partial charge in [-0.15, -0.1) is 0 Å². The van der Waals surface area contributed by atoms with Gasteiger partial charge >= 0.3 is 0 Å². The third-order valence-electron chi connectivity index (χ3n) is 6.40. The summed E-state index contributed by atoms with van der Waals surface area (Å²) in [6, 6.07) is 23.0. The molecule has 7 heteroatoms. The van der Waals surface area contributed by atoms with Crippen molar-refractivity contribution in [2.45, 2.75) is 50.1 Å². The molecular weight excluding hydrogens is 490 g/mol. The molecule has 0 N–H and O–H groups in total. The van der Waals surface area contributed by atoms with E-state index in [1.54, 1.807) is 34.7 Å². The average molecular weight is 520 g/mol. The van der Waals surface area contributed by atoms with Crippen molar-refractivity contribution >= 4 is 40.2 Å². The highest BCUT2D eigenvalue weighted by molar-refractivity contribution is 8.00. The van der Waals surface area contributed by atoms with Crippen LogP contribution in [-0.4, -0.2) is 32.7 Å². The van der Waals surface area contributed by atoms with E-state index in [9.17, 15) is 9.59 Å². The molecule has 3 aromatic carbocycles. The minimum Gasteiger partial charge on any atom is -0.340 e. The van der Waals surface area contributed by atoms with Crippen molar-refractivity contribution in [1.29, 1.82) is 0 Å². The van der Waals surface area contributed by atoms with Gasteiger partial charge in [0.1, 0.15) is 0 Å². The summed E-state index contributed by atoms with van der Waals surface area (Å²) >= 11 is 7.48. The predicted octanol–water partition coefficient (Wildman–Crippen LogP) is 6.69. The molecule has 0 bridgehead atoms. The average Bonchev–Trinajstić information content (AvgIpc) is 2.89. The molecule has 0 aliphatic heterocycles. The summed E-state index contributed by atoms with van der Waals surface area (Å²) in [4.78, 5) is 33.4. The predicted molar refractivity (Wildman–Crippen MR) is 149 cm³/mol. The lowest BCUT2D eigenvalue weighted by atomic mass is 9.98. The number of fused-ring (bicyclic) bond motifs is 1. The molecule has 0 saturated heterocycles. The molecule has 1 amide bonds. The van der Waals surface area contributed by atoms with Gasteiger partial charge in [-0.3, -0.25) is 14.2 Å². The van der Waals surface area contributed by atoms with E-state index >= 15 is 0 Å². The highest BCUT2D eigenvalue weighted by Crippen LogP contribution is 2.28. The molecule has 0 spiro atoms. The Morgan fingerprint density at radius 2 is 1.75 bits per heavy atom. The summed E-state index contributed by atoms with van der Waals surface area (Å²) in [6.07, 6.45) is 1.03. The highest BCUT2D eigenvalue weighted by Gasteiger charge is 2.23. The van der Waals surface area contributed by atoms with E-state index in [4.69, 9.17) is 16.6 Å². The smallest absolute Gasteiger partial charge is 0.266 e. The van der Waals surface area contributed by atoms with Crippen molar-refractivity contribution in [2.75, 3.05) is 7.05 Å². The van der Waals surface area contributed by atoms with Crippen LogP contribution in [0.5, 0.6) is 0 Å². The SMILES string of the molecule is CC[C@@H](C)c1ccc(-n2c(S[C@@H](C)C(=O)N(C)Cc3ccccc3)nc3ccc(Cl)cc3c2=O)cc1. The van der Waals surface area contributed by atoms with Crippen molar-refractivity contribution in [1.82, 2.24) is 14.5 Å². The first-order valence-electron chi connectivity index (χ1n) is 12.1. The fraction of sp³-hybridized carbons (Fsp3) is 0.276. The summed E-state index contributed by atoms with van der Waals surface area (Å²) in [6.45, 7) is 6.70. The molecule has 0 fully saturated rings. The molecule has 5 nitrogen and oxygen atoms in total. The molecule has 0 aliphatic rings. The van der Waals surface area contributed by atoms with Gasteiger partial charge < -0.3 is 4.90 Å². The third-order valence-corrected chi connectivity index (χ3v) is 7.68. The van der Waals surface area contributed by atoms with Crippen LogP contribution in [0.3, 0.4) is 0 Å². The number of thioether (sulfide) groups is 1. The Kier molecular flexibility index (Phi) is 8.17. The monoisotopic (exact) mass is 519 g/mol. The number of hydrogen-bond acceptors (Lipinski definition) is 4. The Morgan fingerprint density at radius 3 is 2.42 bits per heavy atom. The number of carbonyl (C=O) groups is 1. The standard InChI is InChI=1S/C29H30ClN3O2S/c1-5-19(2)22-11-14-24(15-12-22)33-28(35)25-17-23(30)13-16-26(25)31-29(33)36-20(3)27(34)32(4)18-21-9-7-6-8-10-21/h6-17,19-20H,5,18H2,1-4H3/t19-,20+/m1/s1. The van der Waals surface area contributed by atoms with Crippen LogP contribution in [0, 0.1) is 0 Å². The summed E-state index contributed by atoms with van der Waals surface area (Å²) in [5.74, 6) is 0.393. The minimum atomic E-state index is -0.444. The van der Waals surface area contributed by atoms with Gasteiger partial charge in [0.05, 0.1) is 21.8 Å². The van der Waals surface area contributed by atoms with E-state index in [0.29, 0.717) is 39.2 Å². The van der Waals surface area contributed by atoms with Crippen LogP contribution < -0.4 is 5.56 Å². The zero-order valence-corrected chi connectivity index (χ0v) is 22.5. The second-order valence-corrected chi connectivity index (χ2v) is 10.8. The summed E-state index contributed by atoms with van der Waals surface area (Å²) in [5.41, 5.74) is 3.33. The van der Waals surface area contributed by atoms with E-state index in [-0.39, 0.29) is 11.5 Å². The maximum absolute atomic E-state index is 13.7. The van der Waals surface area contributed by atoms with Crippen LogP contribution in [-0.2, 0) is 11.3 Å². The first kappa shape index (κ1) is 26.0. The van der Waals surface area contributed by atoms with E-state index in [1.165, 1.54) is 17.3 Å². The van der Waals surface area contributed by atoms with Gasteiger partial charge in [0, 0.05) is 18.6 Å². The maximum atomic E-state index is 13.7. The Hall–Kier alpha value is -3.09. The normalized spacial score (nSPS) is 12.9. The van der Waals surface area contributed by atoms with Crippen molar-refractivity contribution in [3.63, 3.8) is 0 Å². The second-order valence-electron chi connectivity index (χ2n) is 9.04. The minimum absolute atomic E-state index is 0.0343. The van der Waals surface area contributed by atoms with Crippen LogP contribution in [0.15, 0.2) is 82.7 Å². The first-order chi connectivity index (χ1) is 17.3. The zero-order valence-electron chi connectivity index (χ0n) is 20.9. The van der Waals surface area contributed by atoms with Crippen LogP contribution in [0.25, 0.3) is 16.6 Å². The molecule has 4 rings (SSSR count). The third kappa shape index (κ3) is 5.66. The number of halogens is 1. The second kappa shape index (κ2) is 11.3. The Morgan fingerprint density at radius 1 is 1.06 bits per heavy atom. The lowest BCUT2D eigenvalue weighted by Crippen LogP contribution is -2.33. The van der Waals surface area contributed by atoms with Crippen LogP contribution in [0.4, 0.5) is 0 Å². The summed E-state index contributed by atoms with van der Waals surface area (Å²) < 4.78 is 1.59. The van der Waals surface area contributed by atoms with Crippen LogP contribution in [0.2, 0.25) is 5.02 Å². The molecule has 2 atom stereocenters. The lowest BCUT2D eigenvalue weighted by Gasteiger charge is -2.22. The van der Waals surface area contributed by atoms with Gasteiger partial charge in [0.2, 0.25) is 5.91 Å². The van der Waals surface area contributed by atoms with Gasteiger partial charge in [-0.05, 0) is 60.7 Å². The largest absolute Gasteiger partial charge is 0.340 e. The number of nitrogens with zero attached hydrogens (tertiary/aromatic N) is 3. The zero-order chi connectivity index (χ0) is 25.8. The number of hydrogen-bond donors (Lipinski definition) is 0. The van der Waals surface area contributed by atoms with Crippen LogP contribution in [0.1, 0.15) is 44.2 Å². The molecule has 0 unspecified atom stereocenters. The number of aromatic nitrogens is 2. The molecule has 0 saturated carbocycles. The van der Waals surface area contributed by atoms with Gasteiger partial charge in [0.15, 0.2) is 5.16 Å². The van der Waals surface area contributed by atoms with E-state index in [1.807, 2.05) is 49.4 Å². The molecule has 1 aromatic heterocycles. The quantitative estimate of drug-likeness (QED) is 0.192. The Balaban J connectivity index is 1.71. The highest BCUT2D eigenvalue weighted by atomic mass is 35.5. The maximum Gasteiger partial charge on any atom is 0.266 e. The number of amides is 1. The van der Waals surface area contributed by atoms with Crippen molar-refractivity contribution in [3.8, 4) is 5.69 Å². The van der Waals surface area contributed by atoms with Gasteiger partial charge in [0.25, 0.3) is 5.56 Å². The molecule has 36 heavy (non-hydrogen) atoms. The van der Waals surface area contributed by atoms with Crippen molar-refractivity contribution in [2.24, 2.45) is 0 Å². The lowest BCUT2D eigenvalue weighted by molar-refractivity contribution is -0.129. The molecular formula is C29H30ClN3O2S. The van der Waals surface area contributed by atoms with E-state index in [2.05, 4.69) is 26.0 Å². The van der Waals surface area contributed by atoms with Crippen molar-refractivity contribution in [3.05, 3.63) is 99.3 Å². The fourth-order valence-corrected chi connectivity index (χ4v) is 5.30. The topological polar surface area (TPSA) is 55.2 Å². The summed E-state index contributed by atoms with van der Waals surface area (Å²) in [5, 5.41) is 0.950. The molecule has 186 valence electrons. The van der Waals surface area contributed by atoms with Crippen molar-refractivity contribution < 1.29 is 4.79 Å². The fourth-order valence-electron chi connectivity index (χ4n) is 4.09. The first-order valence-corrected chi connectivity index (χ1v) is 13.3. The molecule has 0 radical (unpaired) electrons. The molecule has 4 aromatic rings. The van der Waals surface area contributed by atoms with Gasteiger partial charge in [-0.1, -0.05) is 79.7 Å². The van der Waals surface area contributed by atoms with Crippen LogP contribution >= 0.6 is 23.4 Å². The van der Waals surface area contributed by atoms with Gasteiger partial charge in [-0.2, -0.15) is 0 Å². The number of rotatable bonds is 8. The summed E-state index contributed by atoms with van der Waals surface area (Å²) in [7, 11) is 1.79. The molecule has 1 heterocycles. The van der Waals surface area contributed by atoms with Gasteiger partial charge in [-0.25, -0.2) is 4.98 Å². The molecule has 0 aliphatic carbocycles. The number of carbonyl (C=O) groups excluding carboxylic acids is 1. The Bertz CT molecular complexity index is 1420. The number of benzene rings is 3. The van der Waals surface area contributed by atoms with E-state index in [0.717, 1.165) is 12.0 Å². The van der Waals surface area contributed by atoms with E-state index < -0.39 is 5.25 Å².